The highest BCUT2D eigenvalue weighted by Gasteiger charge is 2.27. The maximum atomic E-state index is 13.1. The zero-order chi connectivity index (χ0) is 23.4. The number of aromatic nitrogens is 1. The molecule has 6 heteroatoms. The van der Waals surface area contributed by atoms with Crippen LogP contribution in [0.3, 0.4) is 0 Å². The van der Waals surface area contributed by atoms with E-state index in [1.54, 1.807) is 0 Å². The fourth-order valence-electron chi connectivity index (χ4n) is 4.26. The minimum absolute atomic E-state index is 0.130. The molecule has 3 N–H and O–H groups in total. The number of para-hydroxylation sites is 1. The van der Waals surface area contributed by atoms with E-state index in [0.29, 0.717) is 24.6 Å². The van der Waals surface area contributed by atoms with Crippen LogP contribution in [0.25, 0.3) is 10.9 Å². The van der Waals surface area contributed by atoms with Gasteiger partial charge in [-0.1, -0.05) is 55.3 Å². The highest BCUT2D eigenvalue weighted by Crippen LogP contribution is 2.34. The molecular formula is C27H34N4O2. The summed E-state index contributed by atoms with van der Waals surface area (Å²) in [6.45, 7) is 3.27. The third-order valence-electron chi connectivity index (χ3n) is 6.36. The number of aryl methyl sites for hydroxylation is 1. The molecule has 1 atom stereocenters. The highest BCUT2D eigenvalue weighted by molar-refractivity contribution is 6.02. The molecule has 2 aromatic carbocycles. The molecule has 0 radical (unpaired) electrons. The molecule has 0 bridgehead atoms. The van der Waals surface area contributed by atoms with Crippen LogP contribution in [-0.4, -0.2) is 41.8 Å². The maximum Gasteiger partial charge on any atom is 0.268 e. The highest BCUT2D eigenvalue weighted by atomic mass is 16.2. The van der Waals surface area contributed by atoms with Crippen LogP contribution in [0.5, 0.6) is 0 Å². The molecule has 0 saturated heterocycles. The first-order valence-electron chi connectivity index (χ1n) is 11.8. The number of hydrogen-bond donors (Lipinski definition) is 3. The number of benzene rings is 2. The summed E-state index contributed by atoms with van der Waals surface area (Å²) in [5.41, 5.74) is 4.64. The molecule has 1 fully saturated rings. The van der Waals surface area contributed by atoms with E-state index >= 15 is 0 Å². The molecule has 4 rings (SSSR count). The lowest BCUT2D eigenvalue weighted by molar-refractivity contribution is -0.123. The second kappa shape index (κ2) is 10.2. The Morgan fingerprint density at radius 1 is 1.06 bits per heavy atom. The van der Waals surface area contributed by atoms with Crippen molar-refractivity contribution in [1.82, 2.24) is 20.5 Å². The van der Waals surface area contributed by atoms with Crippen LogP contribution in [-0.2, 0) is 17.9 Å². The Hall–Kier alpha value is -3.12. The summed E-state index contributed by atoms with van der Waals surface area (Å²) in [5.74, 6) is 0.332. The smallest absolute Gasteiger partial charge is 0.268 e. The van der Waals surface area contributed by atoms with E-state index in [1.165, 1.54) is 18.4 Å². The van der Waals surface area contributed by atoms with Gasteiger partial charge in [0.25, 0.3) is 5.91 Å². The van der Waals surface area contributed by atoms with Crippen molar-refractivity contribution >= 4 is 22.7 Å². The molecule has 1 aliphatic carbocycles. The summed E-state index contributed by atoms with van der Waals surface area (Å²) < 4.78 is 0. The molecule has 33 heavy (non-hydrogen) atoms. The fraction of sp³-hybridized carbons (Fsp3) is 0.407. The number of nitrogens with zero attached hydrogens (tertiary/aromatic N) is 1. The van der Waals surface area contributed by atoms with Crippen LogP contribution in [0.4, 0.5) is 0 Å². The predicted molar refractivity (Wildman–Crippen MR) is 132 cm³/mol. The van der Waals surface area contributed by atoms with Gasteiger partial charge in [-0.15, -0.1) is 0 Å². The topological polar surface area (TPSA) is 77.2 Å². The second-order valence-electron chi connectivity index (χ2n) is 9.49. The number of H-pyrrole nitrogens is 1. The second-order valence-corrected chi connectivity index (χ2v) is 9.49. The summed E-state index contributed by atoms with van der Waals surface area (Å²) in [6, 6.07) is 15.6. The number of amides is 2. The summed E-state index contributed by atoms with van der Waals surface area (Å²) in [7, 11) is 4.09. The first-order valence-corrected chi connectivity index (χ1v) is 11.8. The summed E-state index contributed by atoms with van der Waals surface area (Å²) in [5, 5.41) is 7.05. The minimum atomic E-state index is -0.545. The lowest BCUT2D eigenvalue weighted by Crippen LogP contribution is -2.46. The van der Waals surface area contributed by atoms with E-state index < -0.39 is 6.04 Å². The SMILES string of the molecule is Cc1c(C(=O)NC(CCC2CC2)C(=O)NCc2ccc(CN(C)C)cc2)[nH]c2ccccc12. The van der Waals surface area contributed by atoms with Gasteiger partial charge in [0, 0.05) is 24.0 Å². The number of fused-ring (bicyclic) bond motifs is 1. The van der Waals surface area contributed by atoms with Crippen molar-refractivity contribution in [2.24, 2.45) is 5.92 Å². The van der Waals surface area contributed by atoms with Crippen LogP contribution >= 0.6 is 0 Å². The van der Waals surface area contributed by atoms with Crippen LogP contribution in [0.15, 0.2) is 48.5 Å². The molecule has 1 saturated carbocycles. The zero-order valence-corrected chi connectivity index (χ0v) is 19.8. The van der Waals surface area contributed by atoms with Gasteiger partial charge in [-0.3, -0.25) is 9.59 Å². The van der Waals surface area contributed by atoms with Crippen molar-refractivity contribution < 1.29 is 9.59 Å². The van der Waals surface area contributed by atoms with Gasteiger partial charge in [-0.2, -0.15) is 0 Å². The van der Waals surface area contributed by atoms with Gasteiger partial charge in [-0.25, -0.2) is 0 Å². The Morgan fingerprint density at radius 2 is 1.76 bits per heavy atom. The normalized spacial score (nSPS) is 14.4. The van der Waals surface area contributed by atoms with E-state index in [4.69, 9.17) is 0 Å². The average molecular weight is 447 g/mol. The monoisotopic (exact) mass is 446 g/mol. The third-order valence-corrected chi connectivity index (χ3v) is 6.36. The molecule has 0 spiro atoms. The standard InChI is InChI=1S/C27H34N4O2/c1-18-22-6-4-5-7-23(22)29-25(18)27(33)30-24(15-14-19-8-9-19)26(32)28-16-20-10-12-21(13-11-20)17-31(2)3/h4-7,10-13,19,24,29H,8-9,14-17H2,1-3H3,(H,28,32)(H,30,33). The van der Waals surface area contributed by atoms with Crippen molar-refractivity contribution in [2.45, 2.75) is 51.7 Å². The Kier molecular flexibility index (Phi) is 7.14. The third kappa shape index (κ3) is 6.02. The number of hydrogen-bond acceptors (Lipinski definition) is 3. The van der Waals surface area contributed by atoms with E-state index in [1.807, 2.05) is 57.4 Å². The molecule has 0 aliphatic heterocycles. The van der Waals surface area contributed by atoms with Crippen LogP contribution in [0.2, 0.25) is 0 Å². The largest absolute Gasteiger partial charge is 0.350 e. The molecule has 174 valence electrons. The maximum absolute atomic E-state index is 13.1. The molecular weight excluding hydrogens is 412 g/mol. The number of carbonyl (C=O) groups is 2. The van der Waals surface area contributed by atoms with Gasteiger partial charge in [0.15, 0.2) is 0 Å². The van der Waals surface area contributed by atoms with Crippen molar-refractivity contribution in [3.8, 4) is 0 Å². The molecule has 2 amide bonds. The Morgan fingerprint density at radius 3 is 2.42 bits per heavy atom. The molecule has 3 aromatic rings. The van der Waals surface area contributed by atoms with Crippen LogP contribution < -0.4 is 10.6 Å². The lowest BCUT2D eigenvalue weighted by atomic mass is 10.1. The minimum Gasteiger partial charge on any atom is -0.350 e. The molecule has 1 unspecified atom stereocenters. The van der Waals surface area contributed by atoms with Crippen molar-refractivity contribution in [1.29, 1.82) is 0 Å². The van der Waals surface area contributed by atoms with Crippen LogP contribution in [0.1, 0.15) is 52.9 Å². The summed E-state index contributed by atoms with van der Waals surface area (Å²) in [4.78, 5) is 31.5. The van der Waals surface area contributed by atoms with Gasteiger partial charge in [-0.05, 0) is 62.5 Å². The van der Waals surface area contributed by atoms with Gasteiger partial charge < -0.3 is 20.5 Å². The van der Waals surface area contributed by atoms with Crippen molar-refractivity contribution in [3.63, 3.8) is 0 Å². The number of nitrogens with one attached hydrogen (secondary N) is 3. The molecule has 6 nitrogen and oxygen atoms in total. The molecule has 1 aromatic heterocycles. The van der Waals surface area contributed by atoms with E-state index in [0.717, 1.165) is 35.0 Å². The Labute approximate surface area is 195 Å². The van der Waals surface area contributed by atoms with E-state index in [-0.39, 0.29) is 11.8 Å². The predicted octanol–water partition coefficient (Wildman–Crippen LogP) is 4.14. The lowest BCUT2D eigenvalue weighted by Gasteiger charge is -2.19. The van der Waals surface area contributed by atoms with E-state index in [2.05, 4.69) is 32.7 Å². The first-order chi connectivity index (χ1) is 15.9. The van der Waals surface area contributed by atoms with Gasteiger partial charge in [0.2, 0.25) is 5.91 Å². The van der Waals surface area contributed by atoms with Crippen molar-refractivity contribution in [2.75, 3.05) is 14.1 Å². The van der Waals surface area contributed by atoms with E-state index in [9.17, 15) is 9.59 Å². The fourth-order valence-corrected chi connectivity index (χ4v) is 4.26. The quantitative estimate of drug-likeness (QED) is 0.438. The Balaban J connectivity index is 1.40. The number of rotatable bonds is 10. The Bertz CT molecular complexity index is 1110. The zero-order valence-electron chi connectivity index (χ0n) is 19.8. The summed E-state index contributed by atoms with van der Waals surface area (Å²) >= 11 is 0. The van der Waals surface area contributed by atoms with Crippen molar-refractivity contribution in [3.05, 3.63) is 70.9 Å². The number of aromatic amines is 1. The molecule has 1 aliphatic rings. The first kappa shape index (κ1) is 23.1. The van der Waals surface area contributed by atoms with Gasteiger partial charge >= 0.3 is 0 Å². The van der Waals surface area contributed by atoms with Gasteiger partial charge in [0.1, 0.15) is 11.7 Å². The number of carbonyl (C=O) groups excluding carboxylic acids is 2. The molecule has 1 heterocycles. The van der Waals surface area contributed by atoms with Gasteiger partial charge in [0.05, 0.1) is 0 Å². The summed E-state index contributed by atoms with van der Waals surface area (Å²) in [6.07, 6.45) is 4.07. The average Bonchev–Trinajstić information content (AvgIpc) is 3.57. The van der Waals surface area contributed by atoms with Crippen LogP contribution in [0, 0.1) is 12.8 Å².